The average Bonchev–Trinajstić information content (AvgIpc) is 2.50. The molecule has 0 fully saturated rings. The van der Waals surface area contributed by atoms with Crippen molar-refractivity contribution in [1.82, 2.24) is 0 Å². The fourth-order valence-electron chi connectivity index (χ4n) is 2.01. The van der Waals surface area contributed by atoms with Crippen LogP contribution in [-0.4, -0.2) is 25.5 Å². The molecule has 0 aliphatic heterocycles. The fourth-order valence-corrected chi connectivity index (χ4v) is 3.17. The summed E-state index contributed by atoms with van der Waals surface area (Å²) in [5.41, 5.74) is 6.41. The highest BCUT2D eigenvalue weighted by atomic mass is 32.2. The van der Waals surface area contributed by atoms with E-state index in [2.05, 4.69) is 19.9 Å². The molecule has 0 aliphatic carbocycles. The quantitative estimate of drug-likeness (QED) is 0.697. The van der Waals surface area contributed by atoms with Crippen molar-refractivity contribution in [3.8, 4) is 11.5 Å². The van der Waals surface area contributed by atoms with E-state index in [9.17, 15) is 0 Å². The third kappa shape index (κ3) is 4.91. The Morgan fingerprint density at radius 3 is 2.40 bits per heavy atom. The first kappa shape index (κ1) is 17.2. The van der Waals surface area contributed by atoms with Gasteiger partial charge < -0.3 is 15.2 Å². The van der Waals surface area contributed by atoms with E-state index in [1.54, 1.807) is 26.0 Å². The molecule has 114 valence electrons. The van der Waals surface area contributed by atoms with Gasteiger partial charge in [-0.15, -0.1) is 11.8 Å². The van der Waals surface area contributed by atoms with Crippen LogP contribution in [0.1, 0.15) is 39.5 Å². The van der Waals surface area contributed by atoms with E-state index in [4.69, 9.17) is 15.2 Å². The van der Waals surface area contributed by atoms with Gasteiger partial charge in [0.1, 0.15) is 0 Å². The van der Waals surface area contributed by atoms with Crippen molar-refractivity contribution in [2.24, 2.45) is 5.73 Å². The highest BCUT2D eigenvalue weighted by Gasteiger charge is 2.22. The van der Waals surface area contributed by atoms with E-state index in [-0.39, 0.29) is 5.54 Å². The summed E-state index contributed by atoms with van der Waals surface area (Å²) in [7, 11) is 3.31. The van der Waals surface area contributed by atoms with Gasteiger partial charge in [-0.25, -0.2) is 0 Å². The number of thioether (sulfide) groups is 1. The second-order valence-corrected chi connectivity index (χ2v) is 6.17. The number of hydrogen-bond donors (Lipinski definition) is 1. The first-order chi connectivity index (χ1) is 9.58. The van der Waals surface area contributed by atoms with Gasteiger partial charge in [0.05, 0.1) is 14.2 Å². The Morgan fingerprint density at radius 1 is 1.15 bits per heavy atom. The van der Waals surface area contributed by atoms with Crippen LogP contribution in [0.25, 0.3) is 0 Å². The largest absolute Gasteiger partial charge is 0.493 e. The molecule has 0 saturated heterocycles. The Morgan fingerprint density at radius 2 is 1.85 bits per heavy atom. The van der Waals surface area contributed by atoms with Crippen molar-refractivity contribution < 1.29 is 9.47 Å². The first-order valence-electron chi connectivity index (χ1n) is 7.22. The second kappa shape index (κ2) is 8.42. The Bertz CT molecular complexity index is 411. The maximum Gasteiger partial charge on any atom is 0.161 e. The van der Waals surface area contributed by atoms with Crippen LogP contribution >= 0.6 is 11.8 Å². The lowest BCUT2D eigenvalue weighted by Gasteiger charge is -2.27. The number of benzene rings is 1. The minimum absolute atomic E-state index is 0.0756. The van der Waals surface area contributed by atoms with Crippen LogP contribution in [0.3, 0.4) is 0 Å². The van der Waals surface area contributed by atoms with Crippen molar-refractivity contribution in [2.75, 3.05) is 20.0 Å². The van der Waals surface area contributed by atoms with Crippen molar-refractivity contribution in [1.29, 1.82) is 0 Å². The van der Waals surface area contributed by atoms with Gasteiger partial charge in [-0.3, -0.25) is 0 Å². The predicted octanol–water partition coefficient (Wildman–Crippen LogP) is 4.09. The molecule has 20 heavy (non-hydrogen) atoms. The summed E-state index contributed by atoms with van der Waals surface area (Å²) in [4.78, 5) is 1.17. The molecule has 3 nitrogen and oxygen atoms in total. The van der Waals surface area contributed by atoms with Gasteiger partial charge in [-0.2, -0.15) is 0 Å². The zero-order chi connectivity index (χ0) is 15.0. The van der Waals surface area contributed by atoms with Crippen LogP contribution in [-0.2, 0) is 0 Å². The van der Waals surface area contributed by atoms with Gasteiger partial charge in [-0.1, -0.05) is 26.7 Å². The molecule has 0 unspecified atom stereocenters. The summed E-state index contributed by atoms with van der Waals surface area (Å²) >= 11 is 1.79. The van der Waals surface area contributed by atoms with Gasteiger partial charge in [-0.05, 0) is 31.0 Å². The van der Waals surface area contributed by atoms with E-state index < -0.39 is 0 Å². The van der Waals surface area contributed by atoms with Gasteiger partial charge in [0, 0.05) is 16.2 Å². The lowest BCUT2D eigenvalue weighted by Crippen LogP contribution is -2.41. The Kier molecular flexibility index (Phi) is 7.24. The monoisotopic (exact) mass is 297 g/mol. The van der Waals surface area contributed by atoms with Crippen LogP contribution in [0.15, 0.2) is 23.1 Å². The van der Waals surface area contributed by atoms with E-state index in [0.717, 1.165) is 30.1 Å². The van der Waals surface area contributed by atoms with E-state index in [0.29, 0.717) is 0 Å². The number of hydrogen-bond acceptors (Lipinski definition) is 4. The Balaban J connectivity index is 2.68. The molecule has 0 amide bonds. The molecule has 1 rings (SSSR count). The number of methoxy groups -OCH3 is 2. The zero-order valence-corrected chi connectivity index (χ0v) is 13.9. The fraction of sp³-hybridized carbons (Fsp3) is 0.625. The van der Waals surface area contributed by atoms with E-state index in [1.165, 1.54) is 17.7 Å². The molecule has 0 spiro atoms. The molecular weight excluding hydrogens is 270 g/mol. The summed E-state index contributed by atoms with van der Waals surface area (Å²) in [5, 5.41) is 0. The van der Waals surface area contributed by atoms with Gasteiger partial charge in [0.25, 0.3) is 0 Å². The molecule has 4 heteroatoms. The smallest absolute Gasteiger partial charge is 0.161 e. The van der Waals surface area contributed by atoms with Crippen molar-refractivity contribution >= 4 is 11.8 Å². The molecule has 1 aromatic rings. The highest BCUT2D eigenvalue weighted by Crippen LogP contribution is 2.33. The van der Waals surface area contributed by atoms with Crippen LogP contribution in [0.5, 0.6) is 11.5 Å². The molecule has 1 atom stereocenters. The maximum atomic E-state index is 6.48. The van der Waals surface area contributed by atoms with Gasteiger partial charge in [0.2, 0.25) is 0 Å². The van der Waals surface area contributed by atoms with E-state index >= 15 is 0 Å². The third-order valence-corrected chi connectivity index (χ3v) is 4.92. The number of rotatable bonds is 9. The number of nitrogens with two attached hydrogens (primary N) is 1. The van der Waals surface area contributed by atoms with E-state index in [1.807, 2.05) is 12.1 Å². The maximum absolute atomic E-state index is 6.48. The molecule has 0 aromatic heterocycles. The molecule has 2 N–H and O–H groups in total. The summed E-state index contributed by atoms with van der Waals surface area (Å²) in [5.74, 6) is 2.46. The molecular formula is C16H27NO2S. The van der Waals surface area contributed by atoms with Crippen molar-refractivity contribution in [3.63, 3.8) is 0 Å². The second-order valence-electron chi connectivity index (χ2n) is 5.12. The minimum atomic E-state index is -0.0756. The first-order valence-corrected chi connectivity index (χ1v) is 8.20. The normalized spacial score (nSPS) is 13.8. The molecule has 1 aromatic carbocycles. The summed E-state index contributed by atoms with van der Waals surface area (Å²) < 4.78 is 10.6. The highest BCUT2D eigenvalue weighted by molar-refractivity contribution is 7.99. The third-order valence-electron chi connectivity index (χ3n) is 3.61. The lowest BCUT2D eigenvalue weighted by atomic mass is 9.93. The Hall–Kier alpha value is -0.870. The van der Waals surface area contributed by atoms with Crippen LogP contribution in [0, 0.1) is 0 Å². The topological polar surface area (TPSA) is 44.5 Å². The molecule has 0 radical (unpaired) electrons. The standard InChI is InChI=1S/C16H27NO2S/c1-5-7-10-16(17,6-2)12-20-13-8-9-14(18-3)15(11-13)19-4/h8-9,11H,5-7,10,12,17H2,1-4H3/t16-/m1/s1. The molecule has 0 aliphatic rings. The Labute approximate surface area is 127 Å². The van der Waals surface area contributed by atoms with Crippen LogP contribution < -0.4 is 15.2 Å². The minimum Gasteiger partial charge on any atom is -0.493 e. The molecule has 0 heterocycles. The van der Waals surface area contributed by atoms with Gasteiger partial charge >= 0.3 is 0 Å². The van der Waals surface area contributed by atoms with Crippen LogP contribution in [0.4, 0.5) is 0 Å². The van der Waals surface area contributed by atoms with Gasteiger partial charge in [0.15, 0.2) is 11.5 Å². The van der Waals surface area contributed by atoms with Crippen molar-refractivity contribution in [3.05, 3.63) is 18.2 Å². The summed E-state index contributed by atoms with van der Waals surface area (Å²) in [6.07, 6.45) is 4.48. The molecule has 0 saturated carbocycles. The zero-order valence-electron chi connectivity index (χ0n) is 13.1. The number of unbranched alkanes of at least 4 members (excludes halogenated alkanes) is 1. The average molecular weight is 297 g/mol. The summed E-state index contributed by atoms with van der Waals surface area (Å²) in [6, 6.07) is 6.01. The lowest BCUT2D eigenvalue weighted by molar-refractivity contribution is 0.354. The molecule has 0 bridgehead atoms. The van der Waals surface area contributed by atoms with Crippen molar-refractivity contribution in [2.45, 2.75) is 50.0 Å². The summed E-state index contributed by atoms with van der Waals surface area (Å²) in [6.45, 7) is 4.38. The predicted molar refractivity (Wildman–Crippen MR) is 87.0 cm³/mol. The number of ether oxygens (including phenoxy) is 2. The van der Waals surface area contributed by atoms with Crippen LogP contribution in [0.2, 0.25) is 0 Å². The SMILES string of the molecule is CCCC[C@](N)(CC)CSc1ccc(OC)c(OC)c1.